The Morgan fingerprint density at radius 3 is 2.46 bits per heavy atom. The highest BCUT2D eigenvalue weighted by Gasteiger charge is 2.19. The molecule has 1 aromatic heterocycles. The average Bonchev–Trinajstić information content (AvgIpc) is 2.65. The first kappa shape index (κ1) is 18.2. The van der Waals surface area contributed by atoms with Crippen molar-refractivity contribution in [1.29, 1.82) is 0 Å². The van der Waals surface area contributed by atoms with Crippen molar-refractivity contribution in [3.05, 3.63) is 52.7 Å². The van der Waals surface area contributed by atoms with E-state index < -0.39 is 0 Å². The molecule has 26 heavy (non-hydrogen) atoms. The Labute approximate surface area is 157 Å². The molecule has 7 heteroatoms. The molecule has 0 spiro atoms. The maximum absolute atomic E-state index is 12.4. The maximum atomic E-state index is 12.4. The molecule has 3 rings (SSSR count). The van der Waals surface area contributed by atoms with Gasteiger partial charge in [0, 0.05) is 50.0 Å². The molecule has 1 N–H and O–H groups in total. The van der Waals surface area contributed by atoms with Crippen LogP contribution < -0.4 is 10.2 Å². The largest absolute Gasteiger partial charge is 0.353 e. The maximum Gasteiger partial charge on any atom is 0.257 e. The van der Waals surface area contributed by atoms with E-state index in [9.17, 15) is 9.59 Å². The molecule has 1 aliphatic heterocycles. The van der Waals surface area contributed by atoms with Gasteiger partial charge in [0.1, 0.15) is 5.82 Å². The molecule has 1 aliphatic rings. The Balaban J connectivity index is 1.65. The Bertz CT molecular complexity index is 815. The average molecular weight is 373 g/mol. The van der Waals surface area contributed by atoms with Gasteiger partial charge in [-0.3, -0.25) is 9.59 Å². The molecular formula is C19H21ClN4O2. The monoisotopic (exact) mass is 372 g/mol. The minimum Gasteiger partial charge on any atom is -0.353 e. The number of aromatic nitrogens is 1. The van der Waals surface area contributed by atoms with Crippen molar-refractivity contribution in [3.63, 3.8) is 0 Å². The van der Waals surface area contributed by atoms with Crippen LogP contribution in [-0.4, -0.2) is 47.9 Å². The lowest BCUT2D eigenvalue weighted by Crippen LogP contribution is -2.48. The summed E-state index contributed by atoms with van der Waals surface area (Å²) in [6.45, 7) is 6.29. The van der Waals surface area contributed by atoms with Crippen LogP contribution in [0, 0.1) is 6.92 Å². The predicted octanol–water partition coefficient (Wildman–Crippen LogP) is 2.96. The highest BCUT2D eigenvalue weighted by atomic mass is 35.5. The summed E-state index contributed by atoms with van der Waals surface area (Å²) in [5, 5.41) is 3.48. The van der Waals surface area contributed by atoms with Crippen LogP contribution in [0.15, 0.2) is 36.5 Å². The zero-order valence-electron chi connectivity index (χ0n) is 14.8. The van der Waals surface area contributed by atoms with Crippen LogP contribution >= 0.6 is 11.6 Å². The number of pyridine rings is 1. The topological polar surface area (TPSA) is 65.5 Å². The second kappa shape index (κ2) is 7.74. The van der Waals surface area contributed by atoms with E-state index in [1.54, 1.807) is 31.3 Å². The van der Waals surface area contributed by atoms with Crippen LogP contribution in [0.3, 0.4) is 0 Å². The predicted molar refractivity (Wildman–Crippen MR) is 103 cm³/mol. The first-order chi connectivity index (χ1) is 12.5. The van der Waals surface area contributed by atoms with Crippen LogP contribution in [-0.2, 0) is 4.79 Å². The summed E-state index contributed by atoms with van der Waals surface area (Å²) in [6.07, 6.45) is 1.57. The fraction of sp³-hybridized carbons (Fsp3) is 0.316. The molecule has 0 aliphatic carbocycles. The van der Waals surface area contributed by atoms with Crippen molar-refractivity contribution < 1.29 is 9.59 Å². The number of hydrogen-bond acceptors (Lipinski definition) is 4. The highest BCUT2D eigenvalue weighted by molar-refractivity contribution is 6.31. The van der Waals surface area contributed by atoms with E-state index in [-0.39, 0.29) is 11.8 Å². The minimum atomic E-state index is -0.226. The molecule has 136 valence electrons. The number of nitrogens with zero attached hydrogens (tertiary/aromatic N) is 3. The van der Waals surface area contributed by atoms with E-state index in [0.717, 1.165) is 24.5 Å². The van der Waals surface area contributed by atoms with Gasteiger partial charge in [-0.05, 0) is 36.8 Å². The number of piperazine rings is 1. The van der Waals surface area contributed by atoms with Crippen LogP contribution in [0.25, 0.3) is 0 Å². The molecule has 1 aromatic carbocycles. The van der Waals surface area contributed by atoms with Gasteiger partial charge in [-0.2, -0.15) is 0 Å². The summed E-state index contributed by atoms with van der Waals surface area (Å²) in [7, 11) is 0. The Hall–Kier alpha value is -2.60. The fourth-order valence-electron chi connectivity index (χ4n) is 2.90. The summed E-state index contributed by atoms with van der Waals surface area (Å²) < 4.78 is 0. The number of benzene rings is 1. The molecule has 0 unspecified atom stereocenters. The number of amides is 2. The molecule has 2 amide bonds. The number of carbonyl (C=O) groups excluding carboxylic acids is 2. The van der Waals surface area contributed by atoms with Gasteiger partial charge in [-0.15, -0.1) is 0 Å². The standard InChI is InChI=1S/C19H21ClN4O2/c1-13-16(20)4-3-5-17(13)22-19(26)15-6-7-18(21-12-15)24-10-8-23(9-11-24)14(2)25/h3-7,12H,8-11H2,1-2H3,(H,22,26). The van der Waals surface area contributed by atoms with Crippen LogP contribution in [0.5, 0.6) is 0 Å². The molecule has 6 nitrogen and oxygen atoms in total. The lowest BCUT2D eigenvalue weighted by molar-refractivity contribution is -0.129. The van der Waals surface area contributed by atoms with Gasteiger partial charge in [0.25, 0.3) is 5.91 Å². The number of halogens is 1. The SMILES string of the molecule is CC(=O)N1CCN(c2ccc(C(=O)Nc3cccc(Cl)c3C)cn2)CC1. The van der Waals surface area contributed by atoms with Crippen molar-refractivity contribution in [2.24, 2.45) is 0 Å². The van der Waals surface area contributed by atoms with Gasteiger partial charge < -0.3 is 15.1 Å². The number of nitrogens with one attached hydrogen (secondary N) is 1. The van der Waals surface area contributed by atoms with Gasteiger partial charge in [-0.25, -0.2) is 4.98 Å². The van der Waals surface area contributed by atoms with Crippen molar-refractivity contribution in [3.8, 4) is 0 Å². The van der Waals surface area contributed by atoms with Crippen molar-refractivity contribution in [2.75, 3.05) is 36.4 Å². The molecule has 0 radical (unpaired) electrons. The van der Waals surface area contributed by atoms with E-state index >= 15 is 0 Å². The summed E-state index contributed by atoms with van der Waals surface area (Å²) in [4.78, 5) is 32.2. The number of hydrogen-bond donors (Lipinski definition) is 1. The fourth-order valence-corrected chi connectivity index (χ4v) is 3.07. The second-order valence-corrected chi connectivity index (χ2v) is 6.67. The number of anilines is 2. The summed E-state index contributed by atoms with van der Waals surface area (Å²) in [6, 6.07) is 9.00. The summed E-state index contributed by atoms with van der Waals surface area (Å²) in [5.41, 5.74) is 2.00. The third-order valence-corrected chi connectivity index (χ3v) is 4.98. The Morgan fingerprint density at radius 2 is 1.85 bits per heavy atom. The van der Waals surface area contributed by atoms with E-state index in [1.165, 1.54) is 0 Å². The first-order valence-electron chi connectivity index (χ1n) is 8.48. The summed E-state index contributed by atoms with van der Waals surface area (Å²) in [5.74, 6) is 0.681. The minimum absolute atomic E-state index is 0.0981. The lowest BCUT2D eigenvalue weighted by atomic mass is 10.2. The first-order valence-corrected chi connectivity index (χ1v) is 8.86. The molecule has 1 saturated heterocycles. The second-order valence-electron chi connectivity index (χ2n) is 6.26. The van der Waals surface area contributed by atoms with Crippen molar-refractivity contribution >= 4 is 34.9 Å². The summed E-state index contributed by atoms with van der Waals surface area (Å²) >= 11 is 6.09. The molecule has 2 heterocycles. The van der Waals surface area contributed by atoms with E-state index in [1.807, 2.05) is 24.0 Å². The van der Waals surface area contributed by atoms with Crippen LogP contribution in [0.1, 0.15) is 22.8 Å². The highest BCUT2D eigenvalue weighted by Crippen LogP contribution is 2.23. The van der Waals surface area contributed by atoms with Gasteiger partial charge in [0.15, 0.2) is 0 Å². The van der Waals surface area contributed by atoms with E-state index in [2.05, 4.69) is 15.2 Å². The molecular weight excluding hydrogens is 352 g/mol. The van der Waals surface area contributed by atoms with Gasteiger partial charge in [0.2, 0.25) is 5.91 Å². The number of carbonyl (C=O) groups is 2. The zero-order valence-corrected chi connectivity index (χ0v) is 15.6. The molecule has 2 aromatic rings. The third-order valence-electron chi connectivity index (χ3n) is 4.57. The van der Waals surface area contributed by atoms with Crippen molar-refractivity contribution in [2.45, 2.75) is 13.8 Å². The smallest absolute Gasteiger partial charge is 0.257 e. The quantitative estimate of drug-likeness (QED) is 0.899. The molecule has 0 atom stereocenters. The Kier molecular flexibility index (Phi) is 5.42. The lowest BCUT2D eigenvalue weighted by Gasteiger charge is -2.34. The third kappa shape index (κ3) is 3.96. The molecule has 0 bridgehead atoms. The van der Waals surface area contributed by atoms with Crippen LogP contribution in [0.2, 0.25) is 5.02 Å². The van der Waals surface area contributed by atoms with Crippen molar-refractivity contribution in [1.82, 2.24) is 9.88 Å². The Morgan fingerprint density at radius 1 is 1.12 bits per heavy atom. The van der Waals surface area contributed by atoms with Crippen LogP contribution in [0.4, 0.5) is 11.5 Å². The molecule has 1 fully saturated rings. The zero-order chi connectivity index (χ0) is 18.7. The molecule has 0 saturated carbocycles. The normalized spacial score (nSPS) is 14.3. The van der Waals surface area contributed by atoms with Gasteiger partial charge in [-0.1, -0.05) is 17.7 Å². The van der Waals surface area contributed by atoms with E-state index in [4.69, 9.17) is 11.6 Å². The number of rotatable bonds is 3. The van der Waals surface area contributed by atoms with Gasteiger partial charge in [0.05, 0.1) is 5.56 Å². The van der Waals surface area contributed by atoms with Gasteiger partial charge >= 0.3 is 0 Å². The van der Waals surface area contributed by atoms with E-state index in [0.29, 0.717) is 29.4 Å².